The first-order valence-corrected chi connectivity index (χ1v) is 4.99. The Hall–Kier alpha value is -0.590. The zero-order valence-electron chi connectivity index (χ0n) is 8.31. The lowest BCUT2D eigenvalue weighted by atomic mass is 10.1. The number of hydrogen-bond acceptors (Lipinski definition) is 1. The molecule has 0 aliphatic heterocycles. The van der Waals surface area contributed by atoms with Crippen LogP contribution in [0.3, 0.4) is 0 Å². The van der Waals surface area contributed by atoms with Gasteiger partial charge in [-0.2, -0.15) is 0 Å². The Bertz CT molecular complexity index is 136. The van der Waals surface area contributed by atoms with Gasteiger partial charge in [0.2, 0.25) is 0 Å². The minimum absolute atomic E-state index is 0.970. The summed E-state index contributed by atoms with van der Waals surface area (Å²) >= 11 is 0. The van der Waals surface area contributed by atoms with Gasteiger partial charge in [0.1, 0.15) is 6.29 Å². The molecule has 0 aromatic carbocycles. The van der Waals surface area contributed by atoms with Gasteiger partial charge in [-0.25, -0.2) is 0 Å². The summed E-state index contributed by atoms with van der Waals surface area (Å²) in [5, 5.41) is 0. The van der Waals surface area contributed by atoms with Crippen molar-refractivity contribution in [1.29, 1.82) is 0 Å². The van der Waals surface area contributed by atoms with Crippen LogP contribution in [0.15, 0.2) is 11.6 Å². The maximum Gasteiger partial charge on any atom is 0.145 e. The van der Waals surface area contributed by atoms with Crippen LogP contribution >= 0.6 is 0 Å². The van der Waals surface area contributed by atoms with Crippen molar-refractivity contribution in [3.05, 3.63) is 11.6 Å². The van der Waals surface area contributed by atoms with E-state index >= 15 is 0 Å². The van der Waals surface area contributed by atoms with Crippen LogP contribution in [0.25, 0.3) is 0 Å². The third-order valence-corrected chi connectivity index (χ3v) is 1.92. The first-order chi connectivity index (χ1) is 5.85. The maximum absolute atomic E-state index is 10.5. The smallest absolute Gasteiger partial charge is 0.145 e. The molecule has 0 aromatic heterocycles. The Balaban J connectivity index is 3.59. The summed E-state index contributed by atoms with van der Waals surface area (Å²) in [6.45, 7) is 4.31. The third kappa shape index (κ3) is 6.14. The molecule has 0 aromatic rings. The van der Waals surface area contributed by atoms with E-state index in [0.717, 1.165) is 37.5 Å². The summed E-state index contributed by atoms with van der Waals surface area (Å²) < 4.78 is 0. The van der Waals surface area contributed by atoms with Crippen molar-refractivity contribution in [3.63, 3.8) is 0 Å². The maximum atomic E-state index is 10.5. The highest BCUT2D eigenvalue weighted by atomic mass is 16.1. The molecular weight excluding hydrogens is 148 g/mol. The third-order valence-electron chi connectivity index (χ3n) is 1.92. The fourth-order valence-electron chi connectivity index (χ4n) is 1.12. The Kier molecular flexibility index (Phi) is 8.09. The van der Waals surface area contributed by atoms with Gasteiger partial charge in [-0.05, 0) is 24.8 Å². The van der Waals surface area contributed by atoms with Gasteiger partial charge in [0.15, 0.2) is 0 Å². The second-order valence-corrected chi connectivity index (χ2v) is 3.14. The first-order valence-electron chi connectivity index (χ1n) is 4.99. The predicted molar refractivity (Wildman–Crippen MR) is 53.2 cm³/mol. The van der Waals surface area contributed by atoms with Gasteiger partial charge >= 0.3 is 0 Å². The van der Waals surface area contributed by atoms with Crippen molar-refractivity contribution in [2.75, 3.05) is 0 Å². The van der Waals surface area contributed by atoms with Gasteiger partial charge in [0.05, 0.1) is 0 Å². The van der Waals surface area contributed by atoms with E-state index in [4.69, 9.17) is 0 Å². The lowest BCUT2D eigenvalue weighted by Crippen LogP contribution is -1.85. The molecule has 0 unspecified atom stereocenters. The molecule has 70 valence electrons. The minimum Gasteiger partial charge on any atom is -0.298 e. The molecule has 0 aliphatic carbocycles. The molecule has 1 heteroatoms. The molecule has 0 amide bonds. The highest BCUT2D eigenvalue weighted by molar-refractivity contribution is 5.72. The number of aldehydes is 1. The van der Waals surface area contributed by atoms with Crippen molar-refractivity contribution >= 4 is 6.29 Å². The molecular formula is C11H20O. The standard InChI is InChI=1S/C11H20O/c1-3-5-7-9-11(10-12)8-6-4-2/h8,10H,3-7,9H2,1-2H3. The number of carbonyl (C=O) groups excluding carboxylic acids is 1. The van der Waals surface area contributed by atoms with Crippen LogP contribution in [0.2, 0.25) is 0 Å². The van der Waals surface area contributed by atoms with Crippen molar-refractivity contribution in [2.45, 2.75) is 52.4 Å². The quantitative estimate of drug-likeness (QED) is 0.323. The Morgan fingerprint density at radius 2 is 1.92 bits per heavy atom. The van der Waals surface area contributed by atoms with Gasteiger partial charge in [0.25, 0.3) is 0 Å². The SMILES string of the molecule is CCCC=C(C=O)CCCCC. The molecule has 0 spiro atoms. The average Bonchev–Trinajstić information content (AvgIpc) is 2.11. The Morgan fingerprint density at radius 3 is 2.42 bits per heavy atom. The van der Waals surface area contributed by atoms with Crippen LogP contribution in [0.1, 0.15) is 52.4 Å². The van der Waals surface area contributed by atoms with Gasteiger partial charge in [0, 0.05) is 0 Å². The van der Waals surface area contributed by atoms with Crippen molar-refractivity contribution in [1.82, 2.24) is 0 Å². The number of unbranched alkanes of at least 4 members (excludes halogenated alkanes) is 3. The van der Waals surface area contributed by atoms with E-state index in [0.29, 0.717) is 0 Å². The van der Waals surface area contributed by atoms with Gasteiger partial charge in [-0.3, -0.25) is 4.79 Å². The molecule has 0 saturated carbocycles. The van der Waals surface area contributed by atoms with Crippen LogP contribution in [0.4, 0.5) is 0 Å². The highest BCUT2D eigenvalue weighted by Crippen LogP contribution is 2.08. The topological polar surface area (TPSA) is 17.1 Å². The van der Waals surface area contributed by atoms with Crippen molar-refractivity contribution < 1.29 is 4.79 Å². The normalized spacial score (nSPS) is 11.7. The zero-order valence-corrected chi connectivity index (χ0v) is 8.31. The first kappa shape index (κ1) is 11.4. The van der Waals surface area contributed by atoms with Crippen molar-refractivity contribution in [3.8, 4) is 0 Å². The summed E-state index contributed by atoms with van der Waals surface area (Å²) in [7, 11) is 0. The summed E-state index contributed by atoms with van der Waals surface area (Å²) in [4.78, 5) is 10.5. The zero-order chi connectivity index (χ0) is 9.23. The Morgan fingerprint density at radius 1 is 1.17 bits per heavy atom. The lowest BCUT2D eigenvalue weighted by molar-refractivity contribution is -0.105. The molecule has 0 bridgehead atoms. The molecule has 0 atom stereocenters. The molecule has 0 radical (unpaired) electrons. The molecule has 0 fully saturated rings. The van der Waals surface area contributed by atoms with Crippen LogP contribution < -0.4 is 0 Å². The molecule has 0 heterocycles. The van der Waals surface area contributed by atoms with Crippen molar-refractivity contribution in [2.24, 2.45) is 0 Å². The molecule has 0 aliphatic rings. The summed E-state index contributed by atoms with van der Waals surface area (Å²) in [6.07, 6.45) is 9.83. The second kappa shape index (κ2) is 8.51. The van der Waals surface area contributed by atoms with Crippen LogP contribution in [0.5, 0.6) is 0 Å². The fourth-order valence-corrected chi connectivity index (χ4v) is 1.12. The molecule has 12 heavy (non-hydrogen) atoms. The van der Waals surface area contributed by atoms with Crippen LogP contribution in [0, 0.1) is 0 Å². The van der Waals surface area contributed by atoms with E-state index < -0.39 is 0 Å². The fraction of sp³-hybridized carbons (Fsp3) is 0.727. The largest absolute Gasteiger partial charge is 0.298 e. The summed E-state index contributed by atoms with van der Waals surface area (Å²) in [5.74, 6) is 0. The van der Waals surface area contributed by atoms with Gasteiger partial charge in [-0.1, -0.05) is 39.2 Å². The highest BCUT2D eigenvalue weighted by Gasteiger charge is 1.93. The van der Waals surface area contributed by atoms with Gasteiger partial charge in [-0.15, -0.1) is 0 Å². The Labute approximate surface area is 75.9 Å². The minimum atomic E-state index is 0.970. The lowest BCUT2D eigenvalue weighted by Gasteiger charge is -1.98. The van der Waals surface area contributed by atoms with Gasteiger partial charge < -0.3 is 0 Å². The number of carbonyl (C=O) groups is 1. The number of allylic oxidation sites excluding steroid dienone is 2. The second-order valence-electron chi connectivity index (χ2n) is 3.14. The molecule has 0 N–H and O–H groups in total. The predicted octanol–water partition coefficient (Wildman–Crippen LogP) is 3.49. The van der Waals surface area contributed by atoms with E-state index in [1.54, 1.807) is 0 Å². The van der Waals surface area contributed by atoms with E-state index in [1.165, 1.54) is 12.8 Å². The summed E-state index contributed by atoms with van der Waals surface area (Å²) in [5.41, 5.74) is 0.991. The van der Waals surface area contributed by atoms with E-state index in [9.17, 15) is 4.79 Å². The molecule has 0 saturated heterocycles. The van der Waals surface area contributed by atoms with E-state index in [2.05, 4.69) is 19.9 Å². The van der Waals surface area contributed by atoms with E-state index in [1.807, 2.05) is 0 Å². The molecule has 1 nitrogen and oxygen atoms in total. The monoisotopic (exact) mass is 168 g/mol. The van der Waals surface area contributed by atoms with Crippen LogP contribution in [-0.4, -0.2) is 6.29 Å². The van der Waals surface area contributed by atoms with E-state index in [-0.39, 0.29) is 0 Å². The molecule has 0 rings (SSSR count). The van der Waals surface area contributed by atoms with Crippen LogP contribution in [-0.2, 0) is 4.79 Å². The average molecular weight is 168 g/mol. The summed E-state index contributed by atoms with van der Waals surface area (Å²) in [6, 6.07) is 0. The number of rotatable bonds is 7. The number of hydrogen-bond donors (Lipinski definition) is 0.